The van der Waals surface area contributed by atoms with Crippen molar-refractivity contribution in [2.45, 2.75) is 13.2 Å². The number of ether oxygens (including phenoxy) is 3. The molecule has 0 spiro atoms. The van der Waals surface area contributed by atoms with Crippen molar-refractivity contribution >= 4 is 43.8 Å². The monoisotopic (exact) mass is 544 g/mol. The number of halogens is 2. The Hall–Kier alpha value is -2.48. The lowest BCUT2D eigenvalue weighted by atomic mass is 9.82. The molecule has 0 fully saturated rings. The molecule has 31 heavy (non-hydrogen) atoms. The van der Waals surface area contributed by atoms with E-state index in [1.165, 1.54) is 14.2 Å². The van der Waals surface area contributed by atoms with Gasteiger partial charge in [0.2, 0.25) is 0 Å². The van der Waals surface area contributed by atoms with Crippen LogP contribution >= 0.6 is 31.9 Å². The number of fused-ring (bicyclic) bond motifs is 1. The van der Waals surface area contributed by atoms with Gasteiger partial charge < -0.3 is 14.2 Å². The smallest absolute Gasteiger partial charge is 0.339 e. The maximum atomic E-state index is 13.1. The zero-order valence-corrected chi connectivity index (χ0v) is 20.0. The van der Waals surface area contributed by atoms with Gasteiger partial charge in [0.15, 0.2) is 0 Å². The average Bonchev–Trinajstić information content (AvgIpc) is 3.27. The second-order valence-corrected chi connectivity index (χ2v) is 8.78. The minimum atomic E-state index is -0.605. The van der Waals surface area contributed by atoms with Crippen molar-refractivity contribution in [2.24, 2.45) is 0 Å². The standard InChI is InChI=1S/C24H18Br2O5/c1-29-23(27)21-19(13-3-7-15(25)8-4-13)17-11-31-12-18(17)20(22(21)24(28)30-2)14-5-9-16(26)10-6-14/h3-10H,11-12H2,1-2H3. The number of carbonyl (C=O) groups excluding carboxylic acids is 2. The third-order valence-corrected chi connectivity index (χ3v) is 6.31. The number of hydrogen-bond acceptors (Lipinski definition) is 5. The number of esters is 2. The first-order valence-electron chi connectivity index (χ1n) is 9.44. The third-order valence-electron chi connectivity index (χ3n) is 5.26. The maximum absolute atomic E-state index is 13.1. The van der Waals surface area contributed by atoms with E-state index < -0.39 is 11.9 Å². The van der Waals surface area contributed by atoms with E-state index in [2.05, 4.69) is 31.9 Å². The fraction of sp³-hybridized carbons (Fsp3) is 0.167. The van der Waals surface area contributed by atoms with Crippen LogP contribution in [0.4, 0.5) is 0 Å². The van der Waals surface area contributed by atoms with Gasteiger partial charge in [0, 0.05) is 20.1 Å². The normalized spacial score (nSPS) is 12.4. The highest BCUT2D eigenvalue weighted by Gasteiger charge is 2.34. The highest BCUT2D eigenvalue weighted by Crippen LogP contribution is 2.44. The van der Waals surface area contributed by atoms with Gasteiger partial charge in [-0.25, -0.2) is 9.59 Å². The number of methoxy groups -OCH3 is 2. The molecule has 158 valence electrons. The van der Waals surface area contributed by atoms with Gasteiger partial charge in [-0.3, -0.25) is 0 Å². The molecule has 0 saturated carbocycles. The van der Waals surface area contributed by atoms with E-state index in [0.29, 0.717) is 24.3 Å². The summed E-state index contributed by atoms with van der Waals surface area (Å²) in [5.74, 6) is -1.21. The minimum absolute atomic E-state index is 0.179. The lowest BCUT2D eigenvalue weighted by molar-refractivity contribution is 0.0556. The predicted molar refractivity (Wildman–Crippen MR) is 124 cm³/mol. The molecule has 0 bridgehead atoms. The van der Waals surface area contributed by atoms with E-state index in [4.69, 9.17) is 14.2 Å². The second kappa shape index (κ2) is 8.94. The highest BCUT2D eigenvalue weighted by atomic mass is 79.9. The van der Waals surface area contributed by atoms with Gasteiger partial charge in [0.1, 0.15) is 0 Å². The molecule has 7 heteroatoms. The summed E-state index contributed by atoms with van der Waals surface area (Å²) in [6, 6.07) is 15.1. The summed E-state index contributed by atoms with van der Waals surface area (Å²) in [5.41, 5.74) is 4.94. The largest absolute Gasteiger partial charge is 0.465 e. The topological polar surface area (TPSA) is 61.8 Å². The van der Waals surface area contributed by atoms with Crippen LogP contribution in [0, 0.1) is 0 Å². The molecule has 0 amide bonds. The van der Waals surface area contributed by atoms with Gasteiger partial charge >= 0.3 is 11.9 Å². The number of benzene rings is 3. The summed E-state index contributed by atoms with van der Waals surface area (Å²) >= 11 is 6.89. The second-order valence-electron chi connectivity index (χ2n) is 6.95. The van der Waals surface area contributed by atoms with Crippen molar-refractivity contribution in [3.63, 3.8) is 0 Å². The average molecular weight is 546 g/mol. The Morgan fingerprint density at radius 3 is 1.39 bits per heavy atom. The van der Waals surface area contributed by atoms with E-state index in [0.717, 1.165) is 31.2 Å². The van der Waals surface area contributed by atoms with Gasteiger partial charge in [-0.2, -0.15) is 0 Å². The zero-order valence-electron chi connectivity index (χ0n) is 16.8. The Balaban J connectivity index is 2.16. The van der Waals surface area contributed by atoms with Crippen molar-refractivity contribution < 1.29 is 23.8 Å². The molecular weight excluding hydrogens is 528 g/mol. The fourth-order valence-electron chi connectivity index (χ4n) is 3.91. The van der Waals surface area contributed by atoms with E-state index in [1.54, 1.807) is 0 Å². The molecule has 0 saturated heterocycles. The van der Waals surface area contributed by atoms with Crippen LogP contribution < -0.4 is 0 Å². The lowest BCUT2D eigenvalue weighted by Gasteiger charge is -2.21. The molecular formula is C24H18Br2O5. The minimum Gasteiger partial charge on any atom is -0.465 e. The molecule has 3 aromatic rings. The van der Waals surface area contributed by atoms with E-state index >= 15 is 0 Å². The summed E-state index contributed by atoms with van der Waals surface area (Å²) in [4.78, 5) is 26.1. The van der Waals surface area contributed by atoms with Gasteiger partial charge in [-0.15, -0.1) is 0 Å². The van der Waals surface area contributed by atoms with E-state index in [-0.39, 0.29) is 11.1 Å². The molecule has 0 aliphatic carbocycles. The Labute approximate surface area is 196 Å². The molecule has 5 nitrogen and oxygen atoms in total. The van der Waals surface area contributed by atoms with Gasteiger partial charge in [-0.1, -0.05) is 56.1 Å². The van der Waals surface area contributed by atoms with Crippen molar-refractivity contribution in [2.75, 3.05) is 14.2 Å². The van der Waals surface area contributed by atoms with Crippen molar-refractivity contribution in [3.05, 3.63) is 79.7 Å². The SMILES string of the molecule is COC(=O)c1c(C(=O)OC)c(-c2ccc(Br)cc2)c2c(c1-c1ccc(Br)cc1)COC2. The van der Waals surface area contributed by atoms with Gasteiger partial charge in [-0.05, 0) is 46.5 Å². The first-order chi connectivity index (χ1) is 15.0. The predicted octanol–water partition coefficient (Wildman–Crippen LogP) is 6.15. The van der Waals surface area contributed by atoms with Crippen LogP contribution in [0.25, 0.3) is 22.3 Å². The maximum Gasteiger partial charge on any atom is 0.339 e. The van der Waals surface area contributed by atoms with E-state index in [1.807, 2.05) is 48.5 Å². The fourth-order valence-corrected chi connectivity index (χ4v) is 4.44. The first-order valence-corrected chi connectivity index (χ1v) is 11.0. The molecule has 0 atom stereocenters. The van der Waals surface area contributed by atoms with Crippen molar-refractivity contribution in [1.82, 2.24) is 0 Å². The van der Waals surface area contributed by atoms with E-state index in [9.17, 15) is 9.59 Å². The van der Waals surface area contributed by atoms with Crippen LogP contribution in [0.5, 0.6) is 0 Å². The van der Waals surface area contributed by atoms with Crippen LogP contribution in [0.3, 0.4) is 0 Å². The van der Waals surface area contributed by atoms with Crippen LogP contribution in [0.2, 0.25) is 0 Å². The van der Waals surface area contributed by atoms with Gasteiger partial charge in [0.05, 0.1) is 38.6 Å². The van der Waals surface area contributed by atoms with Gasteiger partial charge in [0.25, 0.3) is 0 Å². The summed E-state index contributed by atoms with van der Waals surface area (Å²) in [6.07, 6.45) is 0. The van der Waals surface area contributed by atoms with Crippen molar-refractivity contribution in [3.8, 4) is 22.3 Å². The van der Waals surface area contributed by atoms with Crippen LogP contribution in [0.1, 0.15) is 31.8 Å². The van der Waals surface area contributed by atoms with Crippen LogP contribution in [-0.2, 0) is 27.4 Å². The lowest BCUT2D eigenvalue weighted by Crippen LogP contribution is -2.17. The summed E-state index contributed by atoms with van der Waals surface area (Å²) < 4.78 is 17.9. The molecule has 3 aromatic carbocycles. The number of rotatable bonds is 4. The zero-order chi connectivity index (χ0) is 22.1. The number of hydrogen-bond donors (Lipinski definition) is 0. The Morgan fingerprint density at radius 1 is 0.710 bits per heavy atom. The molecule has 0 unspecified atom stereocenters. The number of carbonyl (C=O) groups is 2. The quantitative estimate of drug-likeness (QED) is 0.368. The summed E-state index contributed by atoms with van der Waals surface area (Å²) in [5, 5.41) is 0. The first kappa shape index (κ1) is 21.7. The molecule has 0 radical (unpaired) electrons. The van der Waals surface area contributed by atoms with Crippen molar-refractivity contribution in [1.29, 1.82) is 0 Å². The van der Waals surface area contributed by atoms with Crippen LogP contribution in [-0.4, -0.2) is 26.2 Å². The van der Waals surface area contributed by atoms with Crippen LogP contribution in [0.15, 0.2) is 57.5 Å². The molecule has 1 aliphatic heterocycles. The molecule has 1 heterocycles. The molecule has 0 N–H and O–H groups in total. The summed E-state index contributed by atoms with van der Waals surface area (Å²) in [6.45, 7) is 0.658. The third kappa shape index (κ3) is 3.93. The summed E-state index contributed by atoms with van der Waals surface area (Å²) in [7, 11) is 2.61. The Bertz CT molecular complexity index is 1080. The Kier molecular flexibility index (Phi) is 6.27. The molecule has 4 rings (SSSR count). The molecule has 1 aliphatic rings. The highest BCUT2D eigenvalue weighted by molar-refractivity contribution is 9.10. The Morgan fingerprint density at radius 2 is 1.06 bits per heavy atom. The molecule has 0 aromatic heterocycles.